The fraction of sp³-hybridized carbons (Fsp3) is 0.857. The maximum Gasteiger partial charge on any atom is 0.303 e. The number of amides is 1. The number of carbonyl (C=O) groups is 2. The molecule has 4 nitrogen and oxygen atoms in total. The molecule has 1 rings (SSSR count). The first kappa shape index (κ1) is 15.0. The van der Waals surface area contributed by atoms with Crippen molar-refractivity contribution in [2.45, 2.75) is 70.8 Å². The van der Waals surface area contributed by atoms with E-state index in [1.54, 1.807) is 0 Å². The molecule has 0 aromatic heterocycles. The molecule has 1 unspecified atom stereocenters. The van der Waals surface area contributed by atoms with Crippen LogP contribution in [0.3, 0.4) is 0 Å². The van der Waals surface area contributed by atoms with Gasteiger partial charge in [-0.25, -0.2) is 0 Å². The average Bonchev–Trinajstić information content (AvgIpc) is 2.53. The van der Waals surface area contributed by atoms with Crippen LogP contribution in [-0.4, -0.2) is 23.0 Å². The van der Waals surface area contributed by atoms with E-state index in [0.29, 0.717) is 12.3 Å². The molecule has 1 aliphatic rings. The van der Waals surface area contributed by atoms with Gasteiger partial charge in [0.2, 0.25) is 5.91 Å². The van der Waals surface area contributed by atoms with Crippen molar-refractivity contribution in [3.8, 4) is 0 Å². The van der Waals surface area contributed by atoms with Gasteiger partial charge >= 0.3 is 5.97 Å². The number of carboxylic acid groups (broad SMARTS) is 1. The zero-order valence-corrected chi connectivity index (χ0v) is 11.3. The lowest BCUT2D eigenvalue weighted by Gasteiger charge is -2.22. The first-order valence-electron chi connectivity index (χ1n) is 7.07. The molecule has 18 heavy (non-hydrogen) atoms. The molecule has 1 aliphatic carbocycles. The van der Waals surface area contributed by atoms with E-state index in [1.165, 1.54) is 45.4 Å². The Morgan fingerprint density at radius 1 is 1.22 bits per heavy atom. The SMILES string of the molecule is CC(=O)NC(CCC(=O)O)CC1CCCCCC1. The topological polar surface area (TPSA) is 66.4 Å². The van der Waals surface area contributed by atoms with Crippen LogP contribution >= 0.6 is 0 Å². The standard InChI is InChI=1S/C14H25NO3/c1-11(16)15-13(8-9-14(17)18)10-12-6-4-2-3-5-7-12/h12-13H,2-10H2,1H3,(H,15,16)(H,17,18). The first-order valence-corrected chi connectivity index (χ1v) is 7.07. The number of hydrogen-bond acceptors (Lipinski definition) is 2. The zero-order valence-electron chi connectivity index (χ0n) is 11.3. The summed E-state index contributed by atoms with van der Waals surface area (Å²) in [5.41, 5.74) is 0. The third kappa shape index (κ3) is 6.62. The number of carboxylic acids is 1. The molecule has 2 N–H and O–H groups in total. The third-order valence-electron chi connectivity index (χ3n) is 3.71. The Bertz CT molecular complexity index is 270. The molecular formula is C14H25NO3. The number of hydrogen-bond donors (Lipinski definition) is 2. The number of rotatable bonds is 6. The predicted molar refractivity (Wildman–Crippen MR) is 70.3 cm³/mol. The minimum atomic E-state index is -0.786. The van der Waals surface area contributed by atoms with E-state index in [2.05, 4.69) is 5.32 Å². The Hall–Kier alpha value is -1.06. The lowest BCUT2D eigenvalue weighted by atomic mass is 9.91. The van der Waals surface area contributed by atoms with Gasteiger partial charge in [-0.3, -0.25) is 9.59 Å². The van der Waals surface area contributed by atoms with Gasteiger partial charge in [-0.1, -0.05) is 38.5 Å². The molecule has 0 radical (unpaired) electrons. The molecule has 104 valence electrons. The van der Waals surface area contributed by atoms with Crippen LogP contribution in [0, 0.1) is 5.92 Å². The van der Waals surface area contributed by atoms with E-state index >= 15 is 0 Å². The highest BCUT2D eigenvalue weighted by Gasteiger charge is 2.19. The molecule has 0 spiro atoms. The van der Waals surface area contributed by atoms with Crippen LogP contribution in [-0.2, 0) is 9.59 Å². The smallest absolute Gasteiger partial charge is 0.303 e. The third-order valence-corrected chi connectivity index (χ3v) is 3.71. The molecule has 0 aromatic carbocycles. The van der Waals surface area contributed by atoms with Gasteiger partial charge in [0.05, 0.1) is 0 Å². The second-order valence-corrected chi connectivity index (χ2v) is 5.42. The number of carbonyl (C=O) groups excluding carboxylic acids is 1. The van der Waals surface area contributed by atoms with Gasteiger partial charge in [0, 0.05) is 19.4 Å². The maximum absolute atomic E-state index is 11.1. The second kappa shape index (κ2) is 8.11. The van der Waals surface area contributed by atoms with Gasteiger partial charge in [-0.05, 0) is 18.8 Å². The van der Waals surface area contributed by atoms with E-state index in [9.17, 15) is 9.59 Å². The summed E-state index contributed by atoms with van der Waals surface area (Å²) in [5, 5.41) is 11.6. The summed E-state index contributed by atoms with van der Waals surface area (Å²) in [7, 11) is 0. The van der Waals surface area contributed by atoms with Gasteiger partial charge in [0.25, 0.3) is 0 Å². The molecule has 1 atom stereocenters. The fourth-order valence-corrected chi connectivity index (χ4v) is 2.84. The minimum absolute atomic E-state index is 0.0294. The highest BCUT2D eigenvalue weighted by Crippen LogP contribution is 2.27. The van der Waals surface area contributed by atoms with E-state index in [0.717, 1.165) is 6.42 Å². The number of aliphatic carboxylic acids is 1. The largest absolute Gasteiger partial charge is 0.481 e. The van der Waals surface area contributed by atoms with Crippen molar-refractivity contribution in [2.75, 3.05) is 0 Å². The van der Waals surface area contributed by atoms with Gasteiger partial charge in [-0.2, -0.15) is 0 Å². The van der Waals surface area contributed by atoms with Gasteiger partial charge < -0.3 is 10.4 Å². The molecule has 4 heteroatoms. The Labute approximate surface area is 109 Å². The highest BCUT2D eigenvalue weighted by molar-refractivity contribution is 5.73. The highest BCUT2D eigenvalue weighted by atomic mass is 16.4. The van der Waals surface area contributed by atoms with Crippen LogP contribution in [0.1, 0.15) is 64.7 Å². The normalized spacial score (nSPS) is 18.9. The van der Waals surface area contributed by atoms with E-state index in [-0.39, 0.29) is 18.4 Å². The summed E-state index contributed by atoms with van der Waals surface area (Å²) in [6.07, 6.45) is 9.25. The summed E-state index contributed by atoms with van der Waals surface area (Å²) >= 11 is 0. The van der Waals surface area contributed by atoms with Crippen molar-refractivity contribution in [3.63, 3.8) is 0 Å². The van der Waals surface area contributed by atoms with Crippen LogP contribution < -0.4 is 5.32 Å². The van der Waals surface area contributed by atoms with Crippen LogP contribution in [0.25, 0.3) is 0 Å². The average molecular weight is 255 g/mol. The quantitative estimate of drug-likeness (QED) is 0.717. The van der Waals surface area contributed by atoms with Gasteiger partial charge in [-0.15, -0.1) is 0 Å². The zero-order chi connectivity index (χ0) is 13.4. The molecule has 0 aromatic rings. The molecule has 0 heterocycles. The van der Waals surface area contributed by atoms with Crippen molar-refractivity contribution in [2.24, 2.45) is 5.92 Å². The fourth-order valence-electron chi connectivity index (χ4n) is 2.84. The molecule has 0 saturated heterocycles. The molecule has 1 amide bonds. The molecule has 0 aliphatic heterocycles. The molecular weight excluding hydrogens is 230 g/mol. The molecule has 1 fully saturated rings. The minimum Gasteiger partial charge on any atom is -0.481 e. The van der Waals surface area contributed by atoms with Crippen molar-refractivity contribution < 1.29 is 14.7 Å². The lowest BCUT2D eigenvalue weighted by molar-refractivity contribution is -0.137. The second-order valence-electron chi connectivity index (χ2n) is 5.42. The lowest BCUT2D eigenvalue weighted by Crippen LogP contribution is -2.35. The van der Waals surface area contributed by atoms with Crippen LogP contribution in [0.4, 0.5) is 0 Å². The monoisotopic (exact) mass is 255 g/mol. The summed E-state index contributed by atoms with van der Waals surface area (Å²) in [5.74, 6) is -0.191. The van der Waals surface area contributed by atoms with E-state index in [1.807, 2.05) is 0 Å². The Morgan fingerprint density at radius 2 is 1.83 bits per heavy atom. The Morgan fingerprint density at radius 3 is 2.33 bits per heavy atom. The van der Waals surface area contributed by atoms with Gasteiger partial charge in [0.1, 0.15) is 0 Å². The molecule has 0 bridgehead atoms. The van der Waals surface area contributed by atoms with Crippen molar-refractivity contribution in [1.82, 2.24) is 5.32 Å². The van der Waals surface area contributed by atoms with Crippen molar-refractivity contribution in [1.29, 1.82) is 0 Å². The summed E-state index contributed by atoms with van der Waals surface area (Å²) < 4.78 is 0. The van der Waals surface area contributed by atoms with Crippen LogP contribution in [0.5, 0.6) is 0 Å². The Kier molecular flexibility index (Phi) is 6.76. The summed E-state index contributed by atoms with van der Waals surface area (Å²) in [6.45, 7) is 1.50. The van der Waals surface area contributed by atoms with Crippen LogP contribution in [0.15, 0.2) is 0 Å². The summed E-state index contributed by atoms with van der Waals surface area (Å²) in [4.78, 5) is 21.8. The van der Waals surface area contributed by atoms with Crippen LogP contribution in [0.2, 0.25) is 0 Å². The van der Waals surface area contributed by atoms with Crippen molar-refractivity contribution >= 4 is 11.9 Å². The van der Waals surface area contributed by atoms with E-state index < -0.39 is 5.97 Å². The summed E-state index contributed by atoms with van der Waals surface area (Å²) in [6, 6.07) is 0.0294. The van der Waals surface area contributed by atoms with Crippen molar-refractivity contribution in [3.05, 3.63) is 0 Å². The predicted octanol–water partition coefficient (Wildman–Crippen LogP) is 2.72. The first-order chi connectivity index (χ1) is 8.58. The number of nitrogens with one attached hydrogen (secondary N) is 1. The Balaban J connectivity index is 2.42. The molecule has 1 saturated carbocycles. The van der Waals surface area contributed by atoms with Gasteiger partial charge in [0.15, 0.2) is 0 Å². The van der Waals surface area contributed by atoms with E-state index in [4.69, 9.17) is 5.11 Å². The maximum atomic E-state index is 11.1.